The number of aliphatic hydroxyl groups is 4. The lowest BCUT2D eigenvalue weighted by molar-refractivity contribution is -0.305. The van der Waals surface area contributed by atoms with Crippen molar-refractivity contribution in [3.8, 4) is 0 Å². The summed E-state index contributed by atoms with van der Waals surface area (Å²) in [4.78, 5) is 25.3. The van der Waals surface area contributed by atoms with Gasteiger partial charge in [0, 0.05) is 12.8 Å². The lowest BCUT2D eigenvalue weighted by atomic mass is 9.99. The summed E-state index contributed by atoms with van der Waals surface area (Å²) in [7, 11) is 0. The fraction of sp³-hybridized carbons (Fsp3) is 0.689. The van der Waals surface area contributed by atoms with Crippen LogP contribution in [-0.4, -0.2) is 89.0 Å². The fourth-order valence-electron chi connectivity index (χ4n) is 5.80. The minimum atomic E-state index is -1.60. The minimum Gasteiger partial charge on any atom is -0.462 e. The predicted molar refractivity (Wildman–Crippen MR) is 219 cm³/mol. The quantitative estimate of drug-likeness (QED) is 0.0291. The first-order valence-electron chi connectivity index (χ1n) is 21.0. The van der Waals surface area contributed by atoms with E-state index >= 15 is 0 Å². The van der Waals surface area contributed by atoms with E-state index in [1.165, 1.54) is 0 Å². The molecule has 0 aromatic carbocycles. The number of aliphatic hydroxyl groups excluding tert-OH is 4. The molecule has 6 atom stereocenters. The smallest absolute Gasteiger partial charge is 0.306 e. The highest BCUT2D eigenvalue weighted by Gasteiger charge is 2.44. The summed E-state index contributed by atoms with van der Waals surface area (Å²) < 4.78 is 22.1. The minimum absolute atomic E-state index is 0.202. The first-order valence-corrected chi connectivity index (χ1v) is 21.0. The van der Waals surface area contributed by atoms with Crippen molar-refractivity contribution in [1.29, 1.82) is 0 Å². The van der Waals surface area contributed by atoms with Crippen LogP contribution in [0.25, 0.3) is 0 Å². The second-order valence-electron chi connectivity index (χ2n) is 14.0. The maximum Gasteiger partial charge on any atom is 0.306 e. The second-order valence-corrected chi connectivity index (χ2v) is 14.0. The maximum absolute atomic E-state index is 12.7. The summed E-state index contributed by atoms with van der Waals surface area (Å²) in [6.45, 7) is 3.14. The van der Waals surface area contributed by atoms with E-state index in [1.54, 1.807) is 0 Å². The Morgan fingerprint density at radius 3 is 1.53 bits per heavy atom. The molecule has 0 saturated carbocycles. The highest BCUT2D eigenvalue weighted by atomic mass is 16.7. The molecule has 314 valence electrons. The number of hydrogen-bond donors (Lipinski definition) is 4. The number of hydrogen-bond acceptors (Lipinski definition) is 10. The Balaban J connectivity index is 2.39. The van der Waals surface area contributed by atoms with Crippen molar-refractivity contribution < 1.29 is 49.0 Å². The molecule has 1 fully saturated rings. The topological polar surface area (TPSA) is 152 Å². The van der Waals surface area contributed by atoms with Crippen molar-refractivity contribution in [1.82, 2.24) is 0 Å². The van der Waals surface area contributed by atoms with Gasteiger partial charge in [0.25, 0.3) is 0 Å². The lowest BCUT2D eigenvalue weighted by Gasteiger charge is -2.39. The summed E-state index contributed by atoms with van der Waals surface area (Å²) in [6, 6.07) is 0. The molecule has 10 heteroatoms. The van der Waals surface area contributed by atoms with Gasteiger partial charge in [-0.2, -0.15) is 0 Å². The Hall–Kier alpha value is -2.86. The average Bonchev–Trinajstić information content (AvgIpc) is 3.18. The van der Waals surface area contributed by atoms with Crippen LogP contribution in [-0.2, 0) is 28.5 Å². The van der Waals surface area contributed by atoms with Gasteiger partial charge < -0.3 is 39.4 Å². The van der Waals surface area contributed by atoms with Gasteiger partial charge in [-0.15, -0.1) is 0 Å². The van der Waals surface area contributed by atoms with Crippen LogP contribution in [0.2, 0.25) is 0 Å². The lowest BCUT2D eigenvalue weighted by Crippen LogP contribution is -2.59. The van der Waals surface area contributed by atoms with E-state index in [-0.39, 0.29) is 26.1 Å². The van der Waals surface area contributed by atoms with Crippen molar-refractivity contribution in [2.45, 2.75) is 179 Å². The fourth-order valence-corrected chi connectivity index (χ4v) is 5.80. The Morgan fingerprint density at radius 2 is 1.02 bits per heavy atom. The highest BCUT2D eigenvalue weighted by Crippen LogP contribution is 2.22. The number of carbonyl (C=O) groups excluding carboxylic acids is 2. The SMILES string of the molecule is CC/C=C\C/C=C\C/C=C\CCCCCCCC(=O)OCC(CO[C@@H]1OC(CO)[C@H](O)[C@H](O)C1O)OC(=O)CCCCCCC/C=C\C/C=C\C/C=C\CC. The van der Waals surface area contributed by atoms with E-state index in [0.717, 1.165) is 103 Å². The van der Waals surface area contributed by atoms with Crippen molar-refractivity contribution in [2.24, 2.45) is 0 Å². The predicted octanol–water partition coefficient (Wildman–Crippen LogP) is 8.44. The van der Waals surface area contributed by atoms with Gasteiger partial charge in [0.15, 0.2) is 12.4 Å². The van der Waals surface area contributed by atoms with Gasteiger partial charge in [-0.25, -0.2) is 0 Å². The molecule has 0 aromatic heterocycles. The van der Waals surface area contributed by atoms with E-state index < -0.39 is 55.4 Å². The van der Waals surface area contributed by atoms with Crippen molar-refractivity contribution in [3.63, 3.8) is 0 Å². The molecule has 0 radical (unpaired) electrons. The summed E-state index contributed by atoms with van der Waals surface area (Å²) in [6.07, 6.45) is 36.2. The summed E-state index contributed by atoms with van der Waals surface area (Å²) in [5.41, 5.74) is 0. The number of allylic oxidation sites excluding steroid dienone is 12. The zero-order valence-electron chi connectivity index (χ0n) is 33.9. The molecule has 4 N–H and O–H groups in total. The third-order valence-corrected chi connectivity index (χ3v) is 9.09. The van der Waals surface area contributed by atoms with Crippen LogP contribution < -0.4 is 0 Å². The largest absolute Gasteiger partial charge is 0.462 e. The molecular formula is C45H74O10. The molecule has 55 heavy (non-hydrogen) atoms. The molecule has 10 nitrogen and oxygen atoms in total. The van der Waals surface area contributed by atoms with E-state index in [9.17, 15) is 30.0 Å². The van der Waals surface area contributed by atoms with Gasteiger partial charge in [-0.3, -0.25) is 9.59 Å². The summed E-state index contributed by atoms with van der Waals surface area (Å²) in [5, 5.41) is 40.0. The van der Waals surface area contributed by atoms with E-state index in [0.29, 0.717) is 12.8 Å². The van der Waals surface area contributed by atoms with E-state index in [1.807, 2.05) is 0 Å². The maximum atomic E-state index is 12.7. The van der Waals surface area contributed by atoms with Crippen molar-refractivity contribution in [3.05, 3.63) is 72.9 Å². The van der Waals surface area contributed by atoms with Crippen LogP contribution in [0, 0.1) is 0 Å². The van der Waals surface area contributed by atoms with E-state index in [4.69, 9.17) is 18.9 Å². The zero-order valence-corrected chi connectivity index (χ0v) is 33.9. The van der Waals surface area contributed by atoms with Crippen LogP contribution in [0.5, 0.6) is 0 Å². The van der Waals surface area contributed by atoms with Crippen LogP contribution in [0.1, 0.15) is 142 Å². The average molecular weight is 775 g/mol. The number of carbonyl (C=O) groups is 2. The number of unbranched alkanes of at least 4 members (excludes halogenated alkanes) is 10. The molecule has 0 aliphatic carbocycles. The van der Waals surface area contributed by atoms with Crippen LogP contribution in [0.15, 0.2) is 72.9 Å². The van der Waals surface area contributed by atoms with Gasteiger partial charge >= 0.3 is 11.9 Å². The second kappa shape index (κ2) is 35.5. The Kier molecular flexibility index (Phi) is 32.4. The Bertz CT molecular complexity index is 1120. The van der Waals surface area contributed by atoms with Gasteiger partial charge in [-0.1, -0.05) is 125 Å². The highest BCUT2D eigenvalue weighted by molar-refractivity contribution is 5.70. The molecule has 1 aliphatic heterocycles. The number of esters is 2. The zero-order chi connectivity index (χ0) is 40.2. The molecule has 3 unspecified atom stereocenters. The summed E-state index contributed by atoms with van der Waals surface area (Å²) >= 11 is 0. The molecular weight excluding hydrogens is 700 g/mol. The first-order chi connectivity index (χ1) is 26.8. The normalized spacial score (nSPS) is 21.3. The van der Waals surface area contributed by atoms with Gasteiger partial charge in [-0.05, 0) is 77.0 Å². The van der Waals surface area contributed by atoms with Gasteiger partial charge in [0.05, 0.1) is 13.2 Å². The monoisotopic (exact) mass is 775 g/mol. The van der Waals surface area contributed by atoms with Crippen LogP contribution in [0.4, 0.5) is 0 Å². The van der Waals surface area contributed by atoms with Crippen LogP contribution in [0.3, 0.4) is 0 Å². The molecule has 1 heterocycles. The number of rotatable bonds is 33. The molecule has 0 spiro atoms. The Labute approximate surface area is 332 Å². The van der Waals surface area contributed by atoms with Crippen molar-refractivity contribution in [2.75, 3.05) is 19.8 Å². The van der Waals surface area contributed by atoms with E-state index in [2.05, 4.69) is 86.8 Å². The molecule has 1 aliphatic rings. The summed E-state index contributed by atoms with van der Waals surface area (Å²) in [5.74, 6) is -0.855. The van der Waals surface area contributed by atoms with Gasteiger partial charge in [0.1, 0.15) is 31.0 Å². The van der Waals surface area contributed by atoms with Crippen molar-refractivity contribution >= 4 is 11.9 Å². The van der Waals surface area contributed by atoms with Crippen LogP contribution >= 0.6 is 0 Å². The Morgan fingerprint density at radius 1 is 0.564 bits per heavy atom. The molecule has 1 saturated heterocycles. The third-order valence-electron chi connectivity index (χ3n) is 9.09. The first kappa shape index (κ1) is 50.2. The number of ether oxygens (including phenoxy) is 4. The third kappa shape index (κ3) is 27.4. The molecule has 0 amide bonds. The molecule has 0 aromatic rings. The molecule has 0 bridgehead atoms. The standard InChI is InChI=1S/C45H74O10/c1-3-5-7-9-11-13-15-17-19-21-23-25-27-29-31-33-40(47)52-36-38(37-53-45-44(51)43(50)42(49)39(35-46)55-45)54-41(48)34-32-30-28-26-24-22-20-18-16-14-12-10-8-6-4-2/h5-8,11-14,17-20,38-39,42-46,49-51H,3-4,9-10,15-16,21-37H2,1-2H3/b7-5-,8-6-,13-11-,14-12-,19-17-,20-18-/t38?,39?,42-,43-,44?,45+/m0/s1. The molecule has 1 rings (SSSR count). The van der Waals surface area contributed by atoms with Gasteiger partial charge in [0.2, 0.25) is 0 Å².